The van der Waals surface area contributed by atoms with Crippen LogP contribution < -0.4 is 0 Å². The maximum atomic E-state index is 10.5. The third kappa shape index (κ3) is 10.2. The molecule has 0 fully saturated rings. The minimum Gasteiger partial charge on any atom is -1.00 e. The van der Waals surface area contributed by atoms with Crippen LogP contribution >= 0.6 is 7.94 Å². The summed E-state index contributed by atoms with van der Waals surface area (Å²) in [5, 5.41) is 10.5. The summed E-state index contributed by atoms with van der Waals surface area (Å²) in [5.41, 5.74) is 3.38. The molecule has 0 saturated carbocycles. The Morgan fingerprint density at radius 1 is 0.913 bits per heavy atom. The third-order valence-corrected chi connectivity index (χ3v) is 3.19. The first-order valence-electron chi connectivity index (χ1n) is 7.49. The van der Waals surface area contributed by atoms with Gasteiger partial charge < -0.3 is 7.96 Å². The van der Waals surface area contributed by atoms with Gasteiger partial charge in [-0.15, -0.1) is 0 Å². The molecule has 0 heterocycles. The zero-order valence-corrected chi connectivity index (χ0v) is 18.9. The van der Waals surface area contributed by atoms with Crippen molar-refractivity contribution in [3.05, 3.63) is 28.8 Å². The van der Waals surface area contributed by atoms with Crippen molar-refractivity contribution < 1.29 is 22.6 Å². The molecule has 0 amide bonds. The SMILES string of the molecule is CCc1cc(C(C)(C)C)c(O)c(C(C)(C)C)c1.C[P+](O)(O)O.[Ca+2].[H-].[H-]. The first-order valence-corrected chi connectivity index (χ1v) is 9.58. The molecule has 4 N–H and O–H groups in total. The van der Waals surface area contributed by atoms with Gasteiger partial charge in [0.05, 0.1) is 0 Å². The van der Waals surface area contributed by atoms with E-state index in [0.29, 0.717) is 5.75 Å². The predicted octanol–water partition coefficient (Wildman–Crippen LogP) is 3.75. The summed E-state index contributed by atoms with van der Waals surface area (Å²) < 4.78 is 0. The van der Waals surface area contributed by atoms with Gasteiger partial charge in [0.2, 0.25) is 0 Å². The topological polar surface area (TPSA) is 80.9 Å². The first-order chi connectivity index (χ1) is 9.57. The van der Waals surface area contributed by atoms with Crippen LogP contribution in [0.5, 0.6) is 5.75 Å². The number of hydrogen-bond acceptors (Lipinski definition) is 4. The van der Waals surface area contributed by atoms with Crippen molar-refractivity contribution in [3.8, 4) is 5.75 Å². The summed E-state index contributed by atoms with van der Waals surface area (Å²) in [6, 6.07) is 4.29. The second kappa shape index (κ2) is 9.33. The van der Waals surface area contributed by atoms with Crippen LogP contribution in [0.1, 0.15) is 68.0 Å². The van der Waals surface area contributed by atoms with Crippen LogP contribution in [-0.4, -0.2) is 64.2 Å². The van der Waals surface area contributed by atoms with Crippen LogP contribution in [0, 0.1) is 0 Å². The predicted molar refractivity (Wildman–Crippen MR) is 102 cm³/mol. The van der Waals surface area contributed by atoms with Gasteiger partial charge in [0.25, 0.3) is 0 Å². The van der Waals surface area contributed by atoms with Crippen molar-refractivity contribution >= 4 is 45.7 Å². The van der Waals surface area contributed by atoms with Crippen LogP contribution in [-0.2, 0) is 17.3 Å². The summed E-state index contributed by atoms with van der Waals surface area (Å²) in [7, 11) is -3.39. The van der Waals surface area contributed by atoms with Crippen LogP contribution in [0.25, 0.3) is 0 Å². The van der Waals surface area contributed by atoms with E-state index in [-0.39, 0.29) is 51.4 Å². The quantitative estimate of drug-likeness (QED) is 0.446. The van der Waals surface area contributed by atoms with Crippen molar-refractivity contribution in [1.82, 2.24) is 0 Å². The van der Waals surface area contributed by atoms with E-state index in [1.54, 1.807) is 0 Å². The minimum absolute atomic E-state index is 0. The number of phenolic OH excluding ortho intramolecular Hbond substituents is 1. The molecule has 0 atom stereocenters. The van der Waals surface area contributed by atoms with E-state index < -0.39 is 7.94 Å². The van der Waals surface area contributed by atoms with Gasteiger partial charge in [-0.25, -0.2) is 0 Å². The average Bonchev–Trinajstić information content (AvgIpc) is 2.23. The maximum Gasteiger partial charge on any atom is 2.00 e. The number of phenols is 1. The van der Waals surface area contributed by atoms with Crippen LogP contribution in [0.2, 0.25) is 0 Å². The van der Waals surface area contributed by atoms with Gasteiger partial charge in [0, 0.05) is 0 Å². The Morgan fingerprint density at radius 3 is 1.35 bits per heavy atom. The maximum absolute atomic E-state index is 10.5. The Bertz CT molecular complexity index is 466. The van der Waals surface area contributed by atoms with E-state index in [1.165, 1.54) is 5.56 Å². The van der Waals surface area contributed by atoms with Gasteiger partial charge in [-0.05, 0) is 33.9 Å². The fourth-order valence-corrected chi connectivity index (χ4v) is 2.04. The molecule has 132 valence electrons. The van der Waals surface area contributed by atoms with Crippen LogP contribution in [0.4, 0.5) is 0 Å². The molecule has 6 heteroatoms. The molecule has 4 nitrogen and oxygen atoms in total. The van der Waals surface area contributed by atoms with Crippen LogP contribution in [0.15, 0.2) is 12.1 Å². The molecule has 23 heavy (non-hydrogen) atoms. The van der Waals surface area contributed by atoms with Gasteiger partial charge in [-0.2, -0.15) is 14.7 Å². The Balaban J connectivity index is -0.000000244. The molecule has 0 aliphatic heterocycles. The summed E-state index contributed by atoms with van der Waals surface area (Å²) in [4.78, 5) is 23.2. The van der Waals surface area contributed by atoms with Gasteiger partial charge in [-0.1, -0.05) is 60.6 Å². The van der Waals surface area contributed by atoms with Gasteiger partial charge in [-0.3, -0.25) is 0 Å². The van der Waals surface area contributed by atoms with E-state index >= 15 is 0 Å². The minimum atomic E-state index is -3.39. The van der Waals surface area contributed by atoms with Crippen molar-refractivity contribution in [2.75, 3.05) is 6.66 Å². The Labute approximate surface area is 174 Å². The second-order valence-corrected chi connectivity index (χ2v) is 9.50. The molecule has 0 aliphatic rings. The fraction of sp³-hybridized carbons (Fsp3) is 0.647. The largest absolute Gasteiger partial charge is 2.00 e. The number of hydrogen-bond donors (Lipinski definition) is 4. The summed E-state index contributed by atoms with van der Waals surface area (Å²) in [6.45, 7) is 16.0. The Kier molecular flexibility index (Phi) is 10.5. The summed E-state index contributed by atoms with van der Waals surface area (Å²) in [6.07, 6.45) is 1.01. The molecule has 0 radical (unpaired) electrons. The van der Waals surface area contributed by atoms with Crippen molar-refractivity contribution in [1.29, 1.82) is 0 Å². The molecular weight excluding hydrogens is 339 g/mol. The summed E-state index contributed by atoms with van der Waals surface area (Å²) >= 11 is 0. The van der Waals surface area contributed by atoms with Gasteiger partial charge in [0.15, 0.2) is 0 Å². The third-order valence-electron chi connectivity index (χ3n) is 3.19. The molecular formula is C17H34CaO4P+. The molecule has 1 rings (SSSR count). The zero-order valence-electron chi connectivity index (χ0n) is 17.8. The second-order valence-electron chi connectivity index (χ2n) is 7.76. The van der Waals surface area contributed by atoms with E-state index in [9.17, 15) is 5.11 Å². The average molecular weight is 374 g/mol. The first kappa shape index (κ1) is 25.8. The monoisotopic (exact) mass is 373 g/mol. The molecule has 0 spiro atoms. The van der Waals surface area contributed by atoms with E-state index in [0.717, 1.165) is 24.2 Å². The zero-order chi connectivity index (χ0) is 17.9. The number of benzene rings is 1. The van der Waals surface area contributed by atoms with Gasteiger partial charge in [0.1, 0.15) is 12.4 Å². The Hall–Kier alpha value is 0.590. The Morgan fingerprint density at radius 2 is 1.17 bits per heavy atom. The molecule has 0 aromatic heterocycles. The number of rotatable bonds is 1. The van der Waals surface area contributed by atoms with E-state index in [1.807, 2.05) is 0 Å². The van der Waals surface area contributed by atoms with Crippen molar-refractivity contribution in [2.24, 2.45) is 0 Å². The molecule has 0 aliphatic carbocycles. The molecule has 0 unspecified atom stereocenters. The molecule has 1 aromatic carbocycles. The number of aryl methyl sites for hydroxylation is 1. The van der Waals surface area contributed by atoms with Crippen LogP contribution in [0.3, 0.4) is 0 Å². The van der Waals surface area contributed by atoms with Gasteiger partial charge >= 0.3 is 45.7 Å². The fourth-order valence-electron chi connectivity index (χ4n) is 2.04. The number of aromatic hydroxyl groups is 1. The molecule has 0 bridgehead atoms. The van der Waals surface area contributed by atoms with Crippen molar-refractivity contribution in [3.63, 3.8) is 0 Å². The normalized spacial score (nSPS) is 12.1. The van der Waals surface area contributed by atoms with E-state index in [2.05, 4.69) is 60.6 Å². The molecule has 0 saturated heterocycles. The standard InChI is InChI=1S/C16H26O.CH6O3P.Ca.2H/c1-8-11-9-12(15(2,3)4)14(17)13(10-11)16(5,6)7;1-5(2,3)4;;;/h9-10,17H,8H2,1-7H3;2-4H,1H3;;;/q;+1;+2;2*-1. The van der Waals surface area contributed by atoms with E-state index in [4.69, 9.17) is 14.7 Å². The van der Waals surface area contributed by atoms with Crippen molar-refractivity contribution in [2.45, 2.75) is 65.7 Å². The smallest absolute Gasteiger partial charge is 1.00 e. The molecule has 1 aromatic rings. The summed E-state index contributed by atoms with van der Waals surface area (Å²) in [5.74, 6) is 0.474.